The summed E-state index contributed by atoms with van der Waals surface area (Å²) in [6.07, 6.45) is 6.33. The van der Waals surface area contributed by atoms with Crippen molar-refractivity contribution >= 4 is 34.1 Å². The Hall–Kier alpha value is -3.04. The molecular formula is C38H46Cl2N6O. The molecule has 0 aliphatic carbocycles. The van der Waals surface area contributed by atoms with Crippen molar-refractivity contribution in [1.82, 2.24) is 25.0 Å². The lowest BCUT2D eigenvalue weighted by Gasteiger charge is -2.36. The zero-order valence-corrected chi connectivity index (χ0v) is 28.8. The number of nitrogens with zero attached hydrogens (tertiary/aromatic N) is 3. The van der Waals surface area contributed by atoms with E-state index in [9.17, 15) is 0 Å². The number of nitrogens with one attached hydrogen (secondary N) is 2. The highest BCUT2D eigenvalue weighted by atomic mass is 35.5. The molecule has 3 fully saturated rings. The molecule has 2 unspecified atom stereocenters. The van der Waals surface area contributed by atoms with E-state index in [1.165, 1.54) is 34.0 Å². The van der Waals surface area contributed by atoms with Crippen LogP contribution in [0.25, 0.3) is 22.0 Å². The van der Waals surface area contributed by atoms with Gasteiger partial charge in [-0.1, -0.05) is 54.0 Å². The molecule has 9 heteroatoms. The Morgan fingerprint density at radius 3 is 2.38 bits per heavy atom. The number of likely N-dealkylation sites (tertiary alicyclic amines) is 2. The van der Waals surface area contributed by atoms with Crippen molar-refractivity contribution in [3.05, 3.63) is 100 Å². The topological polar surface area (TPSA) is 70.7 Å². The molecule has 0 amide bonds. The Kier molecular flexibility index (Phi) is 9.56. The predicted octanol–water partition coefficient (Wildman–Crippen LogP) is 6.66. The molecular weight excluding hydrogens is 627 g/mol. The highest BCUT2D eigenvalue weighted by molar-refractivity contribution is 6.36. The van der Waals surface area contributed by atoms with Crippen molar-refractivity contribution in [3.63, 3.8) is 0 Å². The first-order chi connectivity index (χ1) is 22.8. The summed E-state index contributed by atoms with van der Waals surface area (Å²) in [5.74, 6) is 0.867. The normalized spacial score (nSPS) is 21.0. The summed E-state index contributed by atoms with van der Waals surface area (Å²) < 4.78 is 7.85. The number of methoxy groups -OCH3 is 1. The number of halogens is 2. The lowest BCUT2D eigenvalue weighted by molar-refractivity contribution is 0.118. The standard InChI is InChI=1S/C38H46Cl2N6O/c1-26(38(41)13-16-42-17-14-38)43-15-4-18-44-24-33(28-8-10-31(47-2)11-9-28)32-19-27(7-12-37(32)44)21-45-22-30-20-29(45)23-46(30)25-34-35(39)5-3-6-36(34)40/h3,5-12,19,24,29-30,42-43H,1,4,13-18,20-23,25,41H2,2H3. The van der Waals surface area contributed by atoms with Crippen molar-refractivity contribution < 1.29 is 4.74 Å². The molecule has 0 spiro atoms. The first-order valence-corrected chi connectivity index (χ1v) is 17.7. The molecule has 248 valence electrons. The fraction of sp³-hybridized carbons (Fsp3) is 0.421. The number of aryl methyl sites for hydroxylation is 1. The van der Waals surface area contributed by atoms with Gasteiger partial charge in [0.1, 0.15) is 5.75 Å². The van der Waals surface area contributed by atoms with Crippen LogP contribution in [-0.4, -0.2) is 71.8 Å². The molecule has 2 bridgehead atoms. The van der Waals surface area contributed by atoms with Gasteiger partial charge in [0.25, 0.3) is 0 Å². The summed E-state index contributed by atoms with van der Waals surface area (Å²) in [6.45, 7) is 11.8. The quantitative estimate of drug-likeness (QED) is 0.146. The van der Waals surface area contributed by atoms with Gasteiger partial charge in [0.15, 0.2) is 0 Å². The smallest absolute Gasteiger partial charge is 0.118 e. The lowest BCUT2D eigenvalue weighted by Crippen LogP contribution is -2.53. The monoisotopic (exact) mass is 672 g/mol. The molecule has 2 atom stereocenters. The maximum Gasteiger partial charge on any atom is 0.118 e. The van der Waals surface area contributed by atoms with Crippen LogP contribution < -0.4 is 21.1 Å². The number of benzene rings is 3. The average molecular weight is 674 g/mol. The summed E-state index contributed by atoms with van der Waals surface area (Å²) in [5.41, 5.74) is 13.4. The molecule has 7 nitrogen and oxygen atoms in total. The number of piperidine rings is 1. The van der Waals surface area contributed by atoms with Gasteiger partial charge in [-0.25, -0.2) is 0 Å². The number of piperazine rings is 1. The molecule has 3 aliphatic rings. The second-order valence-corrected chi connectivity index (χ2v) is 14.4. The van der Waals surface area contributed by atoms with E-state index < -0.39 is 0 Å². The fourth-order valence-corrected chi connectivity index (χ4v) is 8.32. The van der Waals surface area contributed by atoms with Gasteiger partial charge in [0, 0.05) is 95.3 Å². The summed E-state index contributed by atoms with van der Waals surface area (Å²) >= 11 is 13.0. The molecule has 3 saturated heterocycles. The van der Waals surface area contributed by atoms with Crippen molar-refractivity contribution in [2.75, 3.05) is 39.8 Å². The number of nitrogens with two attached hydrogens (primary N) is 1. The van der Waals surface area contributed by atoms with E-state index in [4.69, 9.17) is 33.7 Å². The van der Waals surface area contributed by atoms with Crippen LogP contribution in [0.2, 0.25) is 10.0 Å². The van der Waals surface area contributed by atoms with Gasteiger partial charge in [0.2, 0.25) is 0 Å². The highest BCUT2D eigenvalue weighted by Crippen LogP contribution is 2.37. The number of ether oxygens (including phenoxy) is 1. The second-order valence-electron chi connectivity index (χ2n) is 13.6. The molecule has 7 rings (SSSR count). The van der Waals surface area contributed by atoms with Gasteiger partial charge in [0.05, 0.1) is 12.6 Å². The Balaban J connectivity index is 1.05. The molecule has 4 heterocycles. The molecule has 0 saturated carbocycles. The van der Waals surface area contributed by atoms with E-state index in [1.807, 2.05) is 30.3 Å². The Bertz CT molecular complexity index is 1710. The summed E-state index contributed by atoms with van der Waals surface area (Å²) in [7, 11) is 1.71. The van der Waals surface area contributed by atoms with Gasteiger partial charge < -0.3 is 25.7 Å². The van der Waals surface area contributed by atoms with E-state index >= 15 is 0 Å². The van der Waals surface area contributed by atoms with Crippen molar-refractivity contribution in [3.8, 4) is 16.9 Å². The van der Waals surface area contributed by atoms with Gasteiger partial charge in [-0.15, -0.1) is 0 Å². The molecule has 1 aromatic heterocycles. The van der Waals surface area contributed by atoms with E-state index in [1.54, 1.807) is 7.11 Å². The highest BCUT2D eigenvalue weighted by Gasteiger charge is 2.43. The van der Waals surface area contributed by atoms with Crippen LogP contribution in [0.1, 0.15) is 36.8 Å². The van der Waals surface area contributed by atoms with Gasteiger partial charge in [-0.3, -0.25) is 9.80 Å². The van der Waals surface area contributed by atoms with Gasteiger partial charge in [-0.05, 0) is 86.3 Å². The Morgan fingerprint density at radius 1 is 1.00 bits per heavy atom. The summed E-state index contributed by atoms with van der Waals surface area (Å²) in [4.78, 5) is 5.22. The van der Waals surface area contributed by atoms with E-state index in [0.29, 0.717) is 12.1 Å². The van der Waals surface area contributed by atoms with Gasteiger partial charge >= 0.3 is 0 Å². The van der Waals surface area contributed by atoms with Crippen LogP contribution in [0.15, 0.2) is 79.1 Å². The first-order valence-electron chi connectivity index (χ1n) is 16.9. The third kappa shape index (κ3) is 6.80. The minimum absolute atomic E-state index is 0.320. The van der Waals surface area contributed by atoms with Crippen molar-refractivity contribution in [1.29, 1.82) is 0 Å². The van der Waals surface area contributed by atoms with E-state index in [-0.39, 0.29) is 5.54 Å². The van der Waals surface area contributed by atoms with E-state index in [0.717, 1.165) is 98.7 Å². The molecule has 4 aromatic rings. The van der Waals surface area contributed by atoms with Crippen LogP contribution in [0.4, 0.5) is 0 Å². The third-order valence-electron chi connectivity index (χ3n) is 10.6. The lowest BCUT2D eigenvalue weighted by atomic mass is 9.86. The number of hydrogen-bond donors (Lipinski definition) is 3. The Labute approximate surface area is 288 Å². The third-order valence-corrected chi connectivity index (χ3v) is 11.3. The predicted molar refractivity (Wildman–Crippen MR) is 194 cm³/mol. The SMILES string of the molecule is C=C(NCCCn1cc(-c2ccc(OC)cc2)c2cc(CN3CC4CC3CN4Cc3c(Cl)cccc3Cl)ccc21)C1(N)CCNCC1. The first kappa shape index (κ1) is 32.5. The number of aromatic nitrogens is 1. The van der Waals surface area contributed by atoms with Crippen LogP contribution in [0.5, 0.6) is 5.75 Å². The molecule has 4 N–H and O–H groups in total. The second kappa shape index (κ2) is 13.8. The minimum atomic E-state index is -0.320. The molecule has 3 aromatic carbocycles. The maximum atomic E-state index is 6.67. The maximum absolute atomic E-state index is 6.67. The van der Waals surface area contributed by atoms with Crippen LogP contribution in [0.3, 0.4) is 0 Å². The largest absolute Gasteiger partial charge is 0.497 e. The molecule has 3 aliphatic heterocycles. The van der Waals surface area contributed by atoms with Crippen molar-refractivity contribution in [2.45, 2.75) is 62.9 Å². The number of hydrogen-bond acceptors (Lipinski definition) is 6. The molecule has 0 radical (unpaired) electrons. The van der Waals surface area contributed by atoms with Crippen molar-refractivity contribution in [2.24, 2.45) is 5.73 Å². The van der Waals surface area contributed by atoms with Crippen LogP contribution in [0, 0.1) is 0 Å². The zero-order valence-electron chi connectivity index (χ0n) is 27.3. The van der Waals surface area contributed by atoms with E-state index in [2.05, 4.69) is 68.1 Å². The van der Waals surface area contributed by atoms with Gasteiger partial charge in [-0.2, -0.15) is 0 Å². The minimum Gasteiger partial charge on any atom is -0.497 e. The molecule has 47 heavy (non-hydrogen) atoms. The number of fused-ring (bicyclic) bond motifs is 3. The average Bonchev–Trinajstić information content (AvgIpc) is 3.78. The zero-order chi connectivity index (χ0) is 32.5. The fourth-order valence-electron chi connectivity index (χ4n) is 7.81. The van der Waals surface area contributed by atoms with Crippen LogP contribution in [-0.2, 0) is 19.6 Å². The summed E-state index contributed by atoms with van der Waals surface area (Å²) in [6, 6.07) is 22.3. The summed E-state index contributed by atoms with van der Waals surface area (Å²) in [5, 5.41) is 9.75. The van der Waals surface area contributed by atoms with Crippen LogP contribution >= 0.6 is 23.2 Å². The number of rotatable bonds is 12. The Morgan fingerprint density at radius 2 is 1.70 bits per heavy atom.